The first kappa shape index (κ1) is 32.0. The van der Waals surface area contributed by atoms with Crippen molar-refractivity contribution in [3.05, 3.63) is 25.3 Å². The quantitative estimate of drug-likeness (QED) is 0.205. The molecule has 4 heterocycles. The summed E-state index contributed by atoms with van der Waals surface area (Å²) in [6.45, 7) is 16.5. The Hall–Kier alpha value is -1.88. The first-order chi connectivity index (χ1) is 19.9. The van der Waals surface area contributed by atoms with Gasteiger partial charge >= 0.3 is 0 Å². The number of nitrogens with zero attached hydrogens (tertiary/aromatic N) is 4. The number of likely N-dealkylation sites (tertiary alicyclic amines) is 1. The molecule has 10 heteroatoms. The van der Waals surface area contributed by atoms with E-state index in [0.29, 0.717) is 45.9 Å². The van der Waals surface area contributed by atoms with Crippen molar-refractivity contribution < 1.29 is 24.2 Å². The highest BCUT2D eigenvalue weighted by Crippen LogP contribution is 2.66. The Morgan fingerprint density at radius 1 is 1.05 bits per heavy atom. The molecule has 9 nitrogen and oxygen atoms in total. The first-order valence-electron chi connectivity index (χ1n) is 15.6. The van der Waals surface area contributed by atoms with Gasteiger partial charge in [0.25, 0.3) is 0 Å². The zero-order valence-corrected chi connectivity index (χ0v) is 25.7. The number of morpholine rings is 1. The Kier molecular flexibility index (Phi) is 11.7. The van der Waals surface area contributed by atoms with Crippen LogP contribution in [-0.4, -0.2) is 131 Å². The molecule has 4 aliphatic heterocycles. The minimum Gasteiger partial charge on any atom is -0.396 e. The van der Waals surface area contributed by atoms with Crippen molar-refractivity contribution >= 4 is 29.5 Å². The van der Waals surface area contributed by atoms with Crippen molar-refractivity contribution in [3.8, 4) is 0 Å². The maximum atomic E-state index is 14.5. The van der Waals surface area contributed by atoms with E-state index in [9.17, 15) is 19.5 Å². The van der Waals surface area contributed by atoms with Crippen molar-refractivity contribution in [2.75, 3.05) is 72.2 Å². The molecule has 0 aromatic carbocycles. The van der Waals surface area contributed by atoms with Gasteiger partial charge in [0.1, 0.15) is 6.04 Å². The zero-order chi connectivity index (χ0) is 29.4. The lowest BCUT2D eigenvalue weighted by atomic mass is 9.70. The average molecular weight is 591 g/mol. The van der Waals surface area contributed by atoms with E-state index in [1.54, 1.807) is 23.9 Å². The second-order valence-corrected chi connectivity index (χ2v) is 13.4. The summed E-state index contributed by atoms with van der Waals surface area (Å²) in [7, 11) is 0. The van der Waals surface area contributed by atoms with Crippen molar-refractivity contribution in [2.45, 2.75) is 67.9 Å². The Balaban J connectivity index is 1.61. The molecule has 2 bridgehead atoms. The SMILES string of the molecule is C=CCN(CCN1CCOCC1)C(=O)C1N(CCCCCCO)C(=O)[C@@H]2[C@H](C(=O)N(CC=C)CCC)[C@@H]3CCC12S3. The summed E-state index contributed by atoms with van der Waals surface area (Å²) in [5.41, 5.74) is 0. The molecule has 4 rings (SSSR count). The third-order valence-corrected chi connectivity index (χ3v) is 11.2. The number of carbonyl (C=O) groups is 3. The van der Waals surface area contributed by atoms with Gasteiger partial charge in [-0.1, -0.05) is 31.9 Å². The zero-order valence-electron chi connectivity index (χ0n) is 24.9. The molecule has 1 N–H and O–H groups in total. The molecule has 41 heavy (non-hydrogen) atoms. The van der Waals surface area contributed by atoms with Gasteiger partial charge in [0.15, 0.2) is 0 Å². The maximum Gasteiger partial charge on any atom is 0.247 e. The van der Waals surface area contributed by atoms with Crippen LogP contribution < -0.4 is 0 Å². The monoisotopic (exact) mass is 590 g/mol. The van der Waals surface area contributed by atoms with E-state index in [1.807, 2.05) is 14.7 Å². The van der Waals surface area contributed by atoms with E-state index >= 15 is 0 Å². The molecule has 5 atom stereocenters. The third kappa shape index (κ3) is 6.71. The molecule has 2 unspecified atom stereocenters. The van der Waals surface area contributed by atoms with Gasteiger partial charge in [0, 0.05) is 64.2 Å². The molecule has 0 radical (unpaired) electrons. The number of ether oxygens (including phenoxy) is 1. The minimum atomic E-state index is -0.575. The fraction of sp³-hybridized carbons (Fsp3) is 0.774. The summed E-state index contributed by atoms with van der Waals surface area (Å²) in [6, 6.07) is -0.575. The molecular formula is C31H50N4O5S. The number of fused-ring (bicyclic) bond motifs is 1. The highest BCUT2D eigenvalue weighted by molar-refractivity contribution is 8.02. The molecular weight excluding hydrogens is 540 g/mol. The fourth-order valence-electron chi connectivity index (χ4n) is 7.34. The molecule has 4 fully saturated rings. The van der Waals surface area contributed by atoms with Crippen molar-refractivity contribution in [2.24, 2.45) is 11.8 Å². The molecule has 230 valence electrons. The fourth-order valence-corrected chi connectivity index (χ4v) is 9.54. The first-order valence-corrected chi connectivity index (χ1v) is 16.5. The lowest BCUT2D eigenvalue weighted by Crippen LogP contribution is -2.56. The van der Waals surface area contributed by atoms with Gasteiger partial charge < -0.3 is 24.5 Å². The largest absolute Gasteiger partial charge is 0.396 e. The van der Waals surface area contributed by atoms with Gasteiger partial charge in [0.05, 0.1) is 29.8 Å². The van der Waals surface area contributed by atoms with E-state index in [1.165, 1.54) is 0 Å². The lowest BCUT2D eigenvalue weighted by molar-refractivity contribution is -0.144. The lowest BCUT2D eigenvalue weighted by Gasteiger charge is -2.38. The second kappa shape index (κ2) is 15.0. The third-order valence-electron chi connectivity index (χ3n) is 9.23. The van der Waals surface area contributed by atoms with Crippen LogP contribution in [-0.2, 0) is 19.1 Å². The van der Waals surface area contributed by atoms with Gasteiger partial charge in [-0.2, -0.15) is 0 Å². The second-order valence-electron chi connectivity index (χ2n) is 11.8. The number of aliphatic hydroxyl groups is 1. The molecule has 0 aromatic heterocycles. The smallest absolute Gasteiger partial charge is 0.247 e. The molecule has 1 spiro atoms. The highest BCUT2D eigenvalue weighted by atomic mass is 32.2. The summed E-state index contributed by atoms with van der Waals surface area (Å²) in [4.78, 5) is 50.7. The van der Waals surface area contributed by atoms with Gasteiger partial charge in [-0.05, 0) is 32.1 Å². The van der Waals surface area contributed by atoms with Gasteiger partial charge in [-0.25, -0.2) is 0 Å². The van der Waals surface area contributed by atoms with E-state index < -0.39 is 22.6 Å². The molecule has 0 saturated carbocycles. The summed E-state index contributed by atoms with van der Waals surface area (Å²) < 4.78 is 4.92. The molecule has 0 aromatic rings. The van der Waals surface area contributed by atoms with Crippen molar-refractivity contribution in [1.29, 1.82) is 0 Å². The normalized spacial score (nSPS) is 29.0. The highest BCUT2D eigenvalue weighted by Gasteiger charge is 2.73. The van der Waals surface area contributed by atoms with Crippen LogP contribution in [0.1, 0.15) is 51.9 Å². The Bertz CT molecular complexity index is 943. The van der Waals surface area contributed by atoms with E-state index in [-0.39, 0.29) is 29.6 Å². The van der Waals surface area contributed by atoms with E-state index in [0.717, 1.165) is 64.6 Å². The van der Waals surface area contributed by atoms with Crippen LogP contribution in [0.4, 0.5) is 0 Å². The summed E-state index contributed by atoms with van der Waals surface area (Å²) in [6.07, 6.45) is 9.29. The number of thioether (sulfide) groups is 1. The number of amides is 3. The standard InChI is InChI=1S/C31H50N4O5S/c1-4-13-33(14-5-2)28(37)25-24-11-12-31(41-24)26(25)29(38)35(16-9-7-8-10-21-36)27(31)30(39)34(15-6-3)18-17-32-19-22-40-23-20-32/h4,6,24-27,36H,1,3,5,7-23H2,2H3/t24-,25+,26-,27?,31?/m0/s1. The summed E-state index contributed by atoms with van der Waals surface area (Å²) in [5, 5.41) is 9.25. The Labute approximate surface area is 250 Å². The van der Waals surface area contributed by atoms with Gasteiger partial charge in [-0.15, -0.1) is 24.9 Å². The van der Waals surface area contributed by atoms with Crippen LogP contribution in [0.15, 0.2) is 25.3 Å². The van der Waals surface area contributed by atoms with Crippen LogP contribution in [0.3, 0.4) is 0 Å². The average Bonchev–Trinajstić information content (AvgIpc) is 3.62. The number of rotatable bonds is 17. The number of aliphatic hydroxyl groups excluding tert-OH is 1. The van der Waals surface area contributed by atoms with E-state index in [4.69, 9.17) is 4.74 Å². The summed E-state index contributed by atoms with van der Waals surface area (Å²) >= 11 is 1.74. The van der Waals surface area contributed by atoms with Gasteiger partial charge in [-0.3, -0.25) is 19.3 Å². The Morgan fingerprint density at radius 3 is 2.39 bits per heavy atom. The molecule has 3 amide bonds. The van der Waals surface area contributed by atoms with Crippen LogP contribution >= 0.6 is 11.8 Å². The number of unbranched alkanes of at least 4 members (excludes halogenated alkanes) is 3. The molecule has 4 saturated heterocycles. The van der Waals surface area contributed by atoms with Crippen LogP contribution in [0.25, 0.3) is 0 Å². The minimum absolute atomic E-state index is 0.0119. The van der Waals surface area contributed by atoms with Crippen molar-refractivity contribution in [3.63, 3.8) is 0 Å². The van der Waals surface area contributed by atoms with Crippen LogP contribution in [0, 0.1) is 11.8 Å². The predicted molar refractivity (Wildman–Crippen MR) is 162 cm³/mol. The maximum absolute atomic E-state index is 14.5. The topological polar surface area (TPSA) is 93.6 Å². The number of carbonyl (C=O) groups excluding carboxylic acids is 3. The van der Waals surface area contributed by atoms with Crippen molar-refractivity contribution in [1.82, 2.24) is 19.6 Å². The predicted octanol–water partition coefficient (Wildman–Crippen LogP) is 2.40. The van der Waals surface area contributed by atoms with Crippen LogP contribution in [0.5, 0.6) is 0 Å². The number of hydrogen-bond donors (Lipinski definition) is 1. The Morgan fingerprint density at radius 2 is 1.73 bits per heavy atom. The van der Waals surface area contributed by atoms with Crippen LogP contribution in [0.2, 0.25) is 0 Å². The van der Waals surface area contributed by atoms with Gasteiger partial charge in [0.2, 0.25) is 17.7 Å². The van der Waals surface area contributed by atoms with E-state index in [2.05, 4.69) is 25.0 Å². The number of hydrogen-bond acceptors (Lipinski definition) is 7. The molecule has 0 aliphatic carbocycles. The molecule has 4 aliphatic rings. The summed E-state index contributed by atoms with van der Waals surface area (Å²) in [5.74, 6) is -0.874.